The minimum atomic E-state index is 0.0131. The summed E-state index contributed by atoms with van der Waals surface area (Å²) in [6.45, 7) is 12.3. The average Bonchev–Trinajstić information content (AvgIpc) is 3.39. The molecule has 6 heteroatoms. The monoisotopic (exact) mass is 521 g/mol. The van der Waals surface area contributed by atoms with Gasteiger partial charge in [-0.15, -0.1) is 0 Å². The van der Waals surface area contributed by atoms with E-state index in [1.807, 2.05) is 49.9 Å². The molecule has 1 fully saturated rings. The van der Waals surface area contributed by atoms with Crippen LogP contribution in [0.15, 0.2) is 60.3 Å². The highest BCUT2D eigenvalue weighted by Gasteiger charge is 2.40. The Balaban J connectivity index is 0.000000773. The number of aldehydes is 1. The number of amides is 1. The molecule has 0 bridgehead atoms. The number of benzene rings is 2. The molecule has 2 unspecified atom stereocenters. The first-order chi connectivity index (χ1) is 18.5. The molecule has 4 rings (SSSR count). The molecule has 2 atom stereocenters. The van der Waals surface area contributed by atoms with Crippen LogP contribution >= 0.6 is 0 Å². The molecule has 2 heterocycles. The van der Waals surface area contributed by atoms with Gasteiger partial charge in [0.05, 0.1) is 12.1 Å². The summed E-state index contributed by atoms with van der Waals surface area (Å²) < 4.78 is 4.54. The normalized spacial score (nSPS) is 18.1. The van der Waals surface area contributed by atoms with E-state index < -0.39 is 0 Å². The highest BCUT2D eigenvalue weighted by molar-refractivity contribution is 5.94. The zero-order chi connectivity index (χ0) is 27.9. The van der Waals surface area contributed by atoms with Gasteiger partial charge in [0.25, 0.3) is 5.91 Å². The van der Waals surface area contributed by atoms with Crippen molar-refractivity contribution in [3.63, 3.8) is 0 Å². The second kappa shape index (κ2) is 16.8. The number of methoxy groups -OCH3 is 1. The molecule has 2 aliphatic rings. The quantitative estimate of drug-likeness (QED) is 0.300. The van der Waals surface area contributed by atoms with Gasteiger partial charge < -0.3 is 14.4 Å². The molecule has 2 aliphatic heterocycles. The van der Waals surface area contributed by atoms with Gasteiger partial charge in [-0.25, -0.2) is 5.43 Å². The number of hydrogen-bond donors (Lipinski definition) is 1. The van der Waals surface area contributed by atoms with Crippen molar-refractivity contribution in [2.75, 3.05) is 20.3 Å². The van der Waals surface area contributed by atoms with Crippen LogP contribution in [0.4, 0.5) is 0 Å². The average molecular weight is 522 g/mol. The number of ether oxygens (including phenoxy) is 1. The molecular weight excluding hydrogens is 474 g/mol. The molecule has 208 valence electrons. The van der Waals surface area contributed by atoms with Crippen molar-refractivity contribution in [3.8, 4) is 0 Å². The summed E-state index contributed by atoms with van der Waals surface area (Å²) in [6.07, 6.45) is 7.99. The number of fused-ring (bicyclic) bond motifs is 1. The molecule has 1 amide bonds. The summed E-state index contributed by atoms with van der Waals surface area (Å²) in [5.41, 5.74) is 8.82. The van der Waals surface area contributed by atoms with E-state index in [-0.39, 0.29) is 18.0 Å². The fourth-order valence-electron chi connectivity index (χ4n) is 4.66. The van der Waals surface area contributed by atoms with Crippen molar-refractivity contribution in [1.29, 1.82) is 0 Å². The van der Waals surface area contributed by atoms with Crippen LogP contribution in [0.3, 0.4) is 0 Å². The van der Waals surface area contributed by atoms with Crippen LogP contribution in [0.2, 0.25) is 0 Å². The van der Waals surface area contributed by atoms with Gasteiger partial charge in [0.15, 0.2) is 0 Å². The molecule has 2 aromatic carbocycles. The van der Waals surface area contributed by atoms with Gasteiger partial charge >= 0.3 is 0 Å². The van der Waals surface area contributed by atoms with E-state index in [2.05, 4.69) is 59.4 Å². The lowest BCUT2D eigenvalue weighted by Gasteiger charge is -2.41. The maximum Gasteiger partial charge on any atom is 0.271 e. The third-order valence-electron chi connectivity index (χ3n) is 6.71. The number of hydrogen-bond acceptors (Lipinski definition) is 5. The maximum atomic E-state index is 13.4. The Morgan fingerprint density at radius 1 is 1.05 bits per heavy atom. The van der Waals surface area contributed by atoms with Crippen LogP contribution in [-0.4, -0.2) is 48.4 Å². The number of nitrogens with one attached hydrogen (secondary N) is 1. The predicted octanol–water partition coefficient (Wildman–Crippen LogP) is 6.15. The first-order valence-electron chi connectivity index (χ1n) is 14.1. The lowest BCUT2D eigenvalue weighted by Crippen LogP contribution is -2.56. The second-order valence-electron chi connectivity index (χ2n) is 9.54. The standard InChI is InChI=1S/C27H33N3O2.C3H8O.C2H6/c1-3-4-5-9-24-19-29(18-22-8-6-7-21(16-22)14-15-31)27(32)26-17-25(28-30(24)26)23-12-10-20(2)11-13-23;1-3-4-2;1-2/h6-8,10-13,15-17,24-25,28H,3-5,9,14,18-19H2,1-2H3;3H2,1-2H3;1-2H3. The number of piperazine rings is 1. The van der Waals surface area contributed by atoms with Gasteiger partial charge in [0.2, 0.25) is 0 Å². The predicted molar refractivity (Wildman–Crippen MR) is 155 cm³/mol. The highest BCUT2D eigenvalue weighted by Crippen LogP contribution is 2.32. The summed E-state index contributed by atoms with van der Waals surface area (Å²) in [4.78, 5) is 26.3. The molecule has 0 radical (unpaired) electrons. The van der Waals surface area contributed by atoms with Crippen LogP contribution in [0.1, 0.15) is 81.7 Å². The third-order valence-corrected chi connectivity index (χ3v) is 6.71. The summed E-state index contributed by atoms with van der Waals surface area (Å²) in [5.74, 6) is 0.0691. The highest BCUT2D eigenvalue weighted by atomic mass is 16.5. The van der Waals surface area contributed by atoms with Crippen molar-refractivity contribution in [2.24, 2.45) is 0 Å². The summed E-state index contributed by atoms with van der Waals surface area (Å²) in [6, 6.07) is 16.8. The van der Waals surface area contributed by atoms with Gasteiger partial charge in [0, 0.05) is 33.2 Å². The minimum absolute atomic E-state index is 0.0131. The smallest absolute Gasteiger partial charge is 0.271 e. The molecule has 1 saturated heterocycles. The molecule has 38 heavy (non-hydrogen) atoms. The number of nitrogens with zero attached hydrogens (tertiary/aromatic N) is 2. The number of rotatable bonds is 10. The lowest BCUT2D eigenvalue weighted by molar-refractivity contribution is -0.135. The fraction of sp³-hybridized carbons (Fsp3) is 0.500. The van der Waals surface area contributed by atoms with Crippen molar-refractivity contribution in [2.45, 2.75) is 85.4 Å². The van der Waals surface area contributed by atoms with E-state index in [0.717, 1.165) is 42.6 Å². The molecule has 0 saturated carbocycles. The number of aryl methyl sites for hydroxylation is 1. The Morgan fingerprint density at radius 2 is 1.74 bits per heavy atom. The van der Waals surface area contributed by atoms with E-state index in [9.17, 15) is 9.59 Å². The fourth-order valence-corrected chi connectivity index (χ4v) is 4.66. The van der Waals surface area contributed by atoms with Crippen molar-refractivity contribution in [3.05, 3.63) is 82.6 Å². The molecular formula is C32H47N3O3. The second-order valence-corrected chi connectivity index (χ2v) is 9.54. The first kappa shape index (κ1) is 31.3. The van der Waals surface area contributed by atoms with Crippen LogP contribution in [0, 0.1) is 6.92 Å². The van der Waals surface area contributed by atoms with Crippen LogP contribution in [0.25, 0.3) is 0 Å². The Bertz CT molecular complexity index is 1020. The summed E-state index contributed by atoms with van der Waals surface area (Å²) in [5, 5.41) is 2.13. The minimum Gasteiger partial charge on any atom is -0.385 e. The van der Waals surface area contributed by atoms with E-state index in [1.165, 1.54) is 24.0 Å². The molecule has 6 nitrogen and oxygen atoms in total. The van der Waals surface area contributed by atoms with E-state index >= 15 is 0 Å². The zero-order valence-corrected chi connectivity index (χ0v) is 24.2. The van der Waals surface area contributed by atoms with Gasteiger partial charge in [-0.1, -0.05) is 94.1 Å². The third kappa shape index (κ3) is 8.81. The van der Waals surface area contributed by atoms with Crippen molar-refractivity contribution in [1.82, 2.24) is 15.3 Å². The van der Waals surface area contributed by atoms with Crippen molar-refractivity contribution >= 4 is 12.2 Å². The van der Waals surface area contributed by atoms with Crippen molar-refractivity contribution < 1.29 is 14.3 Å². The molecule has 0 aromatic heterocycles. The van der Waals surface area contributed by atoms with Crippen LogP contribution in [0.5, 0.6) is 0 Å². The Labute approximate surface area is 230 Å². The lowest BCUT2D eigenvalue weighted by atomic mass is 10.0. The summed E-state index contributed by atoms with van der Waals surface area (Å²) in [7, 11) is 1.68. The zero-order valence-electron chi connectivity index (χ0n) is 24.2. The Morgan fingerprint density at radius 3 is 2.37 bits per heavy atom. The molecule has 2 aromatic rings. The molecule has 0 spiro atoms. The van der Waals surface area contributed by atoms with Gasteiger partial charge in [-0.3, -0.25) is 9.80 Å². The topological polar surface area (TPSA) is 61.9 Å². The summed E-state index contributed by atoms with van der Waals surface area (Å²) >= 11 is 0. The molecule has 1 N–H and O–H groups in total. The first-order valence-corrected chi connectivity index (χ1v) is 14.1. The number of carbonyl (C=O) groups is 2. The van der Waals surface area contributed by atoms with Gasteiger partial charge in [-0.05, 0) is 43.0 Å². The van der Waals surface area contributed by atoms with Gasteiger partial charge in [0.1, 0.15) is 12.0 Å². The SMILES string of the molecule is CC.CCCCCC1CN(Cc2cccc(CC=O)c2)C(=O)C2=CC(c3ccc(C)cc3)NN21.CCOC. The van der Waals surface area contributed by atoms with Crippen LogP contribution < -0.4 is 5.43 Å². The molecule has 0 aliphatic carbocycles. The van der Waals surface area contributed by atoms with E-state index in [4.69, 9.17) is 0 Å². The van der Waals surface area contributed by atoms with E-state index in [0.29, 0.717) is 19.5 Å². The maximum absolute atomic E-state index is 13.4. The number of carbonyl (C=O) groups excluding carboxylic acids is 2. The Kier molecular flexibility index (Phi) is 13.8. The largest absolute Gasteiger partial charge is 0.385 e. The number of unbranched alkanes of at least 4 members (excludes halogenated alkanes) is 2. The number of hydrazine groups is 1. The van der Waals surface area contributed by atoms with E-state index in [1.54, 1.807) is 7.11 Å². The van der Waals surface area contributed by atoms with Gasteiger partial charge in [-0.2, -0.15) is 0 Å². The van der Waals surface area contributed by atoms with Crippen LogP contribution in [-0.2, 0) is 27.3 Å². The Hall–Kier alpha value is -2.96.